The third-order valence-corrected chi connectivity index (χ3v) is 3.69. The molecule has 0 saturated carbocycles. The molecule has 2 N–H and O–H groups in total. The van der Waals surface area contributed by atoms with Crippen LogP contribution in [0.25, 0.3) is 11.0 Å². The van der Waals surface area contributed by atoms with E-state index in [0.717, 1.165) is 36.1 Å². The molecule has 0 aliphatic heterocycles. The minimum Gasteiger partial charge on any atom is -0.393 e. The average Bonchev–Trinajstić information content (AvgIpc) is 2.86. The van der Waals surface area contributed by atoms with Gasteiger partial charge in [-0.3, -0.25) is 0 Å². The van der Waals surface area contributed by atoms with Crippen LogP contribution >= 0.6 is 0 Å². The molecular weight excluding hydrogens is 264 g/mol. The highest BCUT2D eigenvalue weighted by atomic mass is 16.3. The van der Waals surface area contributed by atoms with Gasteiger partial charge in [-0.1, -0.05) is 13.8 Å². The molecule has 0 aliphatic rings. The summed E-state index contributed by atoms with van der Waals surface area (Å²) in [7, 11) is 0. The summed E-state index contributed by atoms with van der Waals surface area (Å²) in [4.78, 5) is 4.52. The van der Waals surface area contributed by atoms with E-state index in [1.165, 1.54) is 0 Å². The molecule has 0 aromatic carbocycles. The lowest BCUT2D eigenvalue weighted by Gasteiger charge is -2.14. The first-order valence-corrected chi connectivity index (χ1v) is 7.70. The number of aliphatic hydroxyl groups excluding tert-OH is 1. The molecule has 0 saturated heterocycles. The maximum absolute atomic E-state index is 9.76. The number of aromatic nitrogens is 3. The molecule has 0 bridgehead atoms. The molecule has 2 aromatic heterocycles. The van der Waals surface area contributed by atoms with Crippen molar-refractivity contribution >= 4 is 11.0 Å². The predicted octanol–water partition coefficient (Wildman–Crippen LogP) is 2.51. The molecule has 116 valence electrons. The van der Waals surface area contributed by atoms with E-state index in [1.807, 2.05) is 30.9 Å². The van der Waals surface area contributed by atoms with E-state index < -0.39 is 0 Å². The number of pyridine rings is 1. The van der Waals surface area contributed by atoms with Crippen molar-refractivity contribution in [2.75, 3.05) is 6.54 Å². The fourth-order valence-corrected chi connectivity index (χ4v) is 2.28. The number of aliphatic hydroxyl groups is 1. The van der Waals surface area contributed by atoms with Crippen LogP contribution in [-0.2, 0) is 6.54 Å². The summed E-state index contributed by atoms with van der Waals surface area (Å²) in [6.07, 6.45) is 4.31. The van der Waals surface area contributed by atoms with E-state index in [-0.39, 0.29) is 6.10 Å². The van der Waals surface area contributed by atoms with E-state index in [1.54, 1.807) is 0 Å². The van der Waals surface area contributed by atoms with Gasteiger partial charge >= 0.3 is 0 Å². The number of hydrogen-bond donors (Lipinski definition) is 2. The monoisotopic (exact) mass is 290 g/mol. The van der Waals surface area contributed by atoms with Crippen LogP contribution in [0.4, 0.5) is 0 Å². The van der Waals surface area contributed by atoms with Crippen molar-refractivity contribution in [3.63, 3.8) is 0 Å². The summed E-state index contributed by atoms with van der Waals surface area (Å²) < 4.78 is 1.94. The molecule has 0 radical (unpaired) electrons. The van der Waals surface area contributed by atoms with Crippen molar-refractivity contribution in [3.05, 3.63) is 24.0 Å². The van der Waals surface area contributed by atoms with Crippen LogP contribution in [0.5, 0.6) is 0 Å². The zero-order valence-electron chi connectivity index (χ0n) is 13.4. The third kappa shape index (κ3) is 4.02. The van der Waals surface area contributed by atoms with Gasteiger partial charge in [0.1, 0.15) is 0 Å². The van der Waals surface area contributed by atoms with E-state index in [4.69, 9.17) is 0 Å². The zero-order chi connectivity index (χ0) is 15.4. The van der Waals surface area contributed by atoms with Crippen molar-refractivity contribution in [3.8, 4) is 0 Å². The van der Waals surface area contributed by atoms with Gasteiger partial charge in [0.15, 0.2) is 5.65 Å². The molecule has 5 heteroatoms. The van der Waals surface area contributed by atoms with Gasteiger partial charge in [0.05, 0.1) is 12.3 Å². The highest BCUT2D eigenvalue weighted by molar-refractivity contribution is 5.75. The van der Waals surface area contributed by atoms with E-state index in [9.17, 15) is 5.11 Å². The summed E-state index contributed by atoms with van der Waals surface area (Å²) >= 11 is 0. The van der Waals surface area contributed by atoms with Crippen LogP contribution in [0.3, 0.4) is 0 Å². The maximum atomic E-state index is 9.76. The van der Waals surface area contributed by atoms with E-state index >= 15 is 0 Å². The van der Waals surface area contributed by atoms with Crippen molar-refractivity contribution < 1.29 is 5.11 Å². The highest BCUT2D eigenvalue weighted by Gasteiger charge is 2.09. The molecule has 1 unspecified atom stereocenters. The van der Waals surface area contributed by atoms with Crippen molar-refractivity contribution in [2.24, 2.45) is 5.92 Å². The number of nitrogens with zero attached hydrogens (tertiary/aromatic N) is 3. The largest absolute Gasteiger partial charge is 0.393 e. The van der Waals surface area contributed by atoms with Crippen molar-refractivity contribution in [1.29, 1.82) is 0 Å². The second-order valence-electron chi connectivity index (χ2n) is 6.22. The molecule has 2 heterocycles. The number of nitrogens with one attached hydrogen (secondary N) is 1. The summed E-state index contributed by atoms with van der Waals surface area (Å²) in [6, 6.07) is 2.44. The van der Waals surface area contributed by atoms with Crippen molar-refractivity contribution in [1.82, 2.24) is 20.1 Å². The van der Waals surface area contributed by atoms with E-state index in [0.29, 0.717) is 12.0 Å². The molecule has 1 atom stereocenters. The first-order valence-electron chi connectivity index (χ1n) is 7.70. The Morgan fingerprint density at radius 2 is 2.00 bits per heavy atom. The first kappa shape index (κ1) is 15.9. The first-order chi connectivity index (χ1) is 9.99. The van der Waals surface area contributed by atoms with Gasteiger partial charge in [-0.05, 0) is 44.4 Å². The summed E-state index contributed by atoms with van der Waals surface area (Å²) in [5, 5.41) is 18.6. The average molecular weight is 290 g/mol. The summed E-state index contributed by atoms with van der Waals surface area (Å²) in [5.74, 6) is 0.312. The molecule has 2 rings (SSSR count). The summed E-state index contributed by atoms with van der Waals surface area (Å²) in [6.45, 7) is 9.85. The normalized spacial score (nSPS) is 13.5. The minimum absolute atomic E-state index is 0.234. The zero-order valence-corrected chi connectivity index (χ0v) is 13.4. The highest BCUT2D eigenvalue weighted by Crippen LogP contribution is 2.16. The lowest BCUT2D eigenvalue weighted by molar-refractivity contribution is 0.116. The van der Waals surface area contributed by atoms with Crippen LogP contribution in [-0.4, -0.2) is 32.5 Å². The molecule has 2 aromatic rings. The Morgan fingerprint density at radius 3 is 2.67 bits per heavy atom. The van der Waals surface area contributed by atoms with Gasteiger partial charge in [-0.2, -0.15) is 5.10 Å². The number of rotatable bonds is 7. The van der Waals surface area contributed by atoms with Gasteiger partial charge in [-0.15, -0.1) is 0 Å². The molecule has 0 aliphatic carbocycles. The van der Waals surface area contributed by atoms with Gasteiger partial charge in [0.25, 0.3) is 0 Å². The Hall–Kier alpha value is -1.46. The molecule has 0 spiro atoms. The second-order valence-corrected chi connectivity index (χ2v) is 6.22. The number of fused-ring (bicyclic) bond motifs is 1. The fourth-order valence-electron chi connectivity index (χ4n) is 2.28. The predicted molar refractivity (Wildman–Crippen MR) is 85.1 cm³/mol. The Balaban J connectivity index is 1.91. The molecule has 5 nitrogen and oxygen atoms in total. The second kappa shape index (κ2) is 7.00. The lowest BCUT2D eigenvalue weighted by atomic mass is 10.0. The fraction of sp³-hybridized carbons (Fsp3) is 0.625. The molecule has 0 amide bonds. The molecular formula is C16H26N4O. The SMILES string of the molecule is CC(C)C(O)CCNCc1cnc2c(cnn2C(C)C)c1. The Labute approximate surface area is 126 Å². The van der Waals surface area contributed by atoms with Gasteiger partial charge in [0, 0.05) is 24.2 Å². The van der Waals surface area contributed by atoms with Crippen LogP contribution in [0, 0.1) is 5.92 Å². The van der Waals surface area contributed by atoms with Crippen LogP contribution in [0.15, 0.2) is 18.5 Å². The van der Waals surface area contributed by atoms with Gasteiger partial charge < -0.3 is 10.4 Å². The number of hydrogen-bond acceptors (Lipinski definition) is 4. The van der Waals surface area contributed by atoms with Gasteiger partial charge in [0.2, 0.25) is 0 Å². The Morgan fingerprint density at radius 1 is 1.24 bits per heavy atom. The minimum atomic E-state index is -0.234. The Bertz CT molecular complexity index is 577. The maximum Gasteiger partial charge on any atom is 0.157 e. The standard InChI is InChI=1S/C16H26N4O/c1-11(2)15(21)5-6-17-8-13-7-14-10-19-20(12(3)4)16(14)18-9-13/h7,9-12,15,17,21H,5-6,8H2,1-4H3. The Kier molecular flexibility index (Phi) is 5.31. The third-order valence-electron chi connectivity index (χ3n) is 3.69. The lowest BCUT2D eigenvalue weighted by Crippen LogP contribution is -2.23. The van der Waals surface area contributed by atoms with Crippen molar-refractivity contribution in [2.45, 2.75) is 52.8 Å². The smallest absolute Gasteiger partial charge is 0.157 e. The van der Waals surface area contributed by atoms with Crippen LogP contribution in [0.1, 0.15) is 45.7 Å². The van der Waals surface area contributed by atoms with Crippen LogP contribution in [0.2, 0.25) is 0 Å². The van der Waals surface area contributed by atoms with E-state index in [2.05, 4.69) is 35.3 Å². The molecule has 21 heavy (non-hydrogen) atoms. The van der Waals surface area contributed by atoms with Gasteiger partial charge in [-0.25, -0.2) is 9.67 Å². The topological polar surface area (TPSA) is 63.0 Å². The molecule has 0 fully saturated rings. The quantitative estimate of drug-likeness (QED) is 0.769. The summed E-state index contributed by atoms with van der Waals surface area (Å²) in [5.41, 5.74) is 2.08. The van der Waals surface area contributed by atoms with Crippen LogP contribution < -0.4 is 5.32 Å².